The number of rotatable bonds is 3. The van der Waals surface area contributed by atoms with E-state index >= 15 is 0 Å². The van der Waals surface area contributed by atoms with Crippen molar-refractivity contribution in [3.63, 3.8) is 0 Å². The minimum absolute atomic E-state index is 0.0378. The summed E-state index contributed by atoms with van der Waals surface area (Å²) < 4.78 is 0. The van der Waals surface area contributed by atoms with Gasteiger partial charge in [-0.25, -0.2) is 0 Å². The van der Waals surface area contributed by atoms with E-state index in [9.17, 15) is 9.59 Å². The highest BCUT2D eigenvalue weighted by atomic mass is 16.2. The lowest BCUT2D eigenvalue weighted by atomic mass is 10.1. The van der Waals surface area contributed by atoms with Gasteiger partial charge in [-0.1, -0.05) is 13.3 Å². The molecule has 2 rings (SSSR count). The zero-order valence-corrected chi connectivity index (χ0v) is 10.4. The van der Waals surface area contributed by atoms with Crippen LogP contribution in [0.5, 0.6) is 0 Å². The number of hydrogen-bond acceptors (Lipinski definition) is 3. The third kappa shape index (κ3) is 2.97. The molecule has 0 spiro atoms. The molecule has 2 aliphatic heterocycles. The number of nitrogens with one attached hydrogen (secondary N) is 1. The lowest BCUT2D eigenvalue weighted by Crippen LogP contribution is -2.51. The van der Waals surface area contributed by atoms with Gasteiger partial charge >= 0.3 is 0 Å². The highest BCUT2D eigenvalue weighted by Crippen LogP contribution is 2.19. The molecule has 2 heterocycles. The Bertz CT molecular complexity index is 306. The molecular weight excluding hydrogens is 218 g/mol. The van der Waals surface area contributed by atoms with E-state index in [4.69, 9.17) is 0 Å². The van der Waals surface area contributed by atoms with Gasteiger partial charge < -0.3 is 15.1 Å². The average molecular weight is 239 g/mol. The third-order valence-corrected chi connectivity index (χ3v) is 3.73. The number of likely N-dealkylation sites (tertiary alicyclic amines) is 1. The lowest BCUT2D eigenvalue weighted by molar-refractivity contribution is -0.140. The fraction of sp³-hybridized carbons (Fsp3) is 0.833. The topological polar surface area (TPSA) is 52.7 Å². The zero-order valence-electron chi connectivity index (χ0n) is 10.4. The summed E-state index contributed by atoms with van der Waals surface area (Å²) in [6.07, 6.45) is 2.24. The summed E-state index contributed by atoms with van der Waals surface area (Å²) in [5, 5.41) is 3.01. The Labute approximate surface area is 102 Å². The van der Waals surface area contributed by atoms with E-state index in [1.807, 2.05) is 4.90 Å². The van der Waals surface area contributed by atoms with Gasteiger partial charge in [-0.15, -0.1) is 0 Å². The fourth-order valence-corrected chi connectivity index (χ4v) is 2.47. The van der Waals surface area contributed by atoms with Crippen molar-refractivity contribution < 1.29 is 9.59 Å². The van der Waals surface area contributed by atoms with E-state index in [1.54, 1.807) is 4.90 Å². The number of carbonyl (C=O) groups excluding carboxylic acids is 2. The average Bonchev–Trinajstić information content (AvgIpc) is 2.81. The first-order valence-corrected chi connectivity index (χ1v) is 6.47. The number of hydrogen-bond donors (Lipinski definition) is 1. The highest BCUT2D eigenvalue weighted by molar-refractivity contribution is 5.86. The van der Waals surface area contributed by atoms with E-state index in [0.29, 0.717) is 19.0 Å². The van der Waals surface area contributed by atoms with Crippen LogP contribution in [0.15, 0.2) is 0 Å². The number of nitrogens with zero attached hydrogens (tertiary/aromatic N) is 2. The van der Waals surface area contributed by atoms with Gasteiger partial charge in [0.1, 0.15) is 0 Å². The maximum atomic E-state index is 12.0. The Morgan fingerprint density at radius 2 is 2.29 bits per heavy atom. The summed E-state index contributed by atoms with van der Waals surface area (Å²) in [6.45, 7) is 5.96. The second kappa shape index (κ2) is 5.49. The Kier molecular flexibility index (Phi) is 3.99. The molecule has 1 atom stereocenters. The van der Waals surface area contributed by atoms with Gasteiger partial charge in [-0.2, -0.15) is 0 Å². The Morgan fingerprint density at radius 3 is 2.94 bits per heavy atom. The quantitative estimate of drug-likeness (QED) is 0.734. The summed E-state index contributed by atoms with van der Waals surface area (Å²) in [7, 11) is 0. The molecule has 2 fully saturated rings. The van der Waals surface area contributed by atoms with E-state index in [-0.39, 0.29) is 18.4 Å². The molecule has 0 saturated carbocycles. The second-order valence-corrected chi connectivity index (χ2v) is 4.89. The molecule has 0 aliphatic carbocycles. The molecule has 2 amide bonds. The maximum Gasteiger partial charge on any atom is 0.242 e. The minimum Gasteiger partial charge on any atom is -0.341 e. The summed E-state index contributed by atoms with van der Waals surface area (Å²) in [5.41, 5.74) is 0. The van der Waals surface area contributed by atoms with Crippen molar-refractivity contribution in [2.24, 2.45) is 5.92 Å². The van der Waals surface area contributed by atoms with Crippen molar-refractivity contribution in [2.75, 3.05) is 39.3 Å². The van der Waals surface area contributed by atoms with E-state index < -0.39 is 0 Å². The molecule has 0 aromatic rings. The molecule has 96 valence electrons. The number of carbonyl (C=O) groups is 2. The van der Waals surface area contributed by atoms with Crippen LogP contribution in [0.3, 0.4) is 0 Å². The summed E-state index contributed by atoms with van der Waals surface area (Å²) in [6, 6.07) is 0. The molecule has 2 aliphatic rings. The van der Waals surface area contributed by atoms with E-state index in [1.165, 1.54) is 0 Å². The van der Waals surface area contributed by atoms with Gasteiger partial charge in [0.15, 0.2) is 0 Å². The first-order valence-electron chi connectivity index (χ1n) is 6.47. The van der Waals surface area contributed by atoms with Gasteiger partial charge in [0.2, 0.25) is 11.8 Å². The van der Waals surface area contributed by atoms with Crippen molar-refractivity contribution in [2.45, 2.75) is 19.8 Å². The molecule has 1 N–H and O–H groups in total. The molecule has 0 bridgehead atoms. The molecule has 1 unspecified atom stereocenters. The third-order valence-electron chi connectivity index (χ3n) is 3.73. The predicted octanol–water partition coefficient (Wildman–Crippen LogP) is -0.323. The van der Waals surface area contributed by atoms with Crippen LogP contribution in [0.1, 0.15) is 19.8 Å². The minimum atomic E-state index is 0.0378. The van der Waals surface area contributed by atoms with Gasteiger partial charge in [-0.3, -0.25) is 9.59 Å². The van der Waals surface area contributed by atoms with Crippen molar-refractivity contribution in [3.05, 3.63) is 0 Å². The van der Waals surface area contributed by atoms with Crippen molar-refractivity contribution in [3.8, 4) is 0 Å². The Morgan fingerprint density at radius 1 is 1.47 bits per heavy atom. The van der Waals surface area contributed by atoms with Gasteiger partial charge in [0, 0.05) is 26.2 Å². The molecule has 17 heavy (non-hydrogen) atoms. The highest BCUT2D eigenvalue weighted by Gasteiger charge is 2.27. The maximum absolute atomic E-state index is 12.0. The normalized spacial score (nSPS) is 25.5. The van der Waals surface area contributed by atoms with Crippen LogP contribution < -0.4 is 5.32 Å². The lowest BCUT2D eigenvalue weighted by Gasteiger charge is -2.28. The molecule has 5 heteroatoms. The molecule has 0 radical (unpaired) electrons. The van der Waals surface area contributed by atoms with Crippen LogP contribution in [0.25, 0.3) is 0 Å². The van der Waals surface area contributed by atoms with Crippen LogP contribution >= 0.6 is 0 Å². The monoisotopic (exact) mass is 239 g/mol. The molecule has 2 saturated heterocycles. The Balaban J connectivity index is 1.82. The van der Waals surface area contributed by atoms with Crippen LogP contribution in [-0.4, -0.2) is 60.9 Å². The summed E-state index contributed by atoms with van der Waals surface area (Å²) in [4.78, 5) is 27.2. The standard InChI is InChI=1S/C12H21N3O2/c1-2-10-3-5-14(8-10)12(17)9-15-6-4-13-7-11(15)16/h10,13H,2-9H2,1H3. The summed E-state index contributed by atoms with van der Waals surface area (Å²) >= 11 is 0. The zero-order chi connectivity index (χ0) is 12.3. The van der Waals surface area contributed by atoms with Gasteiger partial charge in [-0.05, 0) is 12.3 Å². The first kappa shape index (κ1) is 12.4. The first-order chi connectivity index (χ1) is 8.20. The van der Waals surface area contributed by atoms with Crippen molar-refractivity contribution >= 4 is 11.8 Å². The molecular formula is C12H21N3O2. The van der Waals surface area contributed by atoms with Gasteiger partial charge in [0.25, 0.3) is 0 Å². The Hall–Kier alpha value is -1.10. The second-order valence-electron chi connectivity index (χ2n) is 4.89. The predicted molar refractivity (Wildman–Crippen MR) is 64.4 cm³/mol. The van der Waals surface area contributed by atoms with E-state index in [0.717, 1.165) is 32.5 Å². The van der Waals surface area contributed by atoms with E-state index in [2.05, 4.69) is 12.2 Å². The van der Waals surface area contributed by atoms with Crippen LogP contribution in [-0.2, 0) is 9.59 Å². The number of piperazine rings is 1. The molecule has 0 aromatic carbocycles. The van der Waals surface area contributed by atoms with Gasteiger partial charge in [0.05, 0.1) is 13.1 Å². The smallest absolute Gasteiger partial charge is 0.242 e. The molecule has 0 aromatic heterocycles. The number of amides is 2. The van der Waals surface area contributed by atoms with Crippen molar-refractivity contribution in [1.82, 2.24) is 15.1 Å². The van der Waals surface area contributed by atoms with Crippen LogP contribution in [0.2, 0.25) is 0 Å². The van der Waals surface area contributed by atoms with Crippen molar-refractivity contribution in [1.29, 1.82) is 0 Å². The van der Waals surface area contributed by atoms with Crippen LogP contribution in [0, 0.1) is 5.92 Å². The largest absolute Gasteiger partial charge is 0.341 e. The molecule has 5 nitrogen and oxygen atoms in total. The fourth-order valence-electron chi connectivity index (χ4n) is 2.47. The van der Waals surface area contributed by atoms with Crippen LogP contribution in [0.4, 0.5) is 0 Å². The summed E-state index contributed by atoms with van der Waals surface area (Å²) in [5.74, 6) is 0.796. The SMILES string of the molecule is CCC1CCN(C(=O)CN2CCNCC2=O)C1.